The third kappa shape index (κ3) is 9.35. The summed E-state index contributed by atoms with van der Waals surface area (Å²) in [6.07, 6.45) is -4.01. The predicted octanol–water partition coefficient (Wildman–Crippen LogP) is 5.89. The van der Waals surface area contributed by atoms with Gasteiger partial charge in [0.25, 0.3) is 0 Å². The maximum atomic E-state index is 12.9. The van der Waals surface area contributed by atoms with E-state index in [1.165, 1.54) is 17.7 Å². The smallest absolute Gasteiger partial charge is 0.481 e. The van der Waals surface area contributed by atoms with E-state index in [9.17, 15) is 22.8 Å². The number of carbonyl (C=O) groups is 2. The van der Waals surface area contributed by atoms with Crippen molar-refractivity contribution in [3.05, 3.63) is 70.2 Å². The average Bonchev–Trinajstić information content (AvgIpc) is 2.76. The minimum atomic E-state index is -5.16. The van der Waals surface area contributed by atoms with Crippen LogP contribution in [0.1, 0.15) is 55.9 Å². The molecule has 0 aliphatic heterocycles. The Kier molecular flexibility index (Phi) is 9.94. The predicted molar refractivity (Wildman–Crippen MR) is 124 cm³/mol. The molecule has 2 rings (SSSR count). The first-order valence-corrected chi connectivity index (χ1v) is 11.3. The van der Waals surface area contributed by atoms with Crippen LogP contribution in [0.25, 0.3) is 0 Å². The van der Waals surface area contributed by atoms with Gasteiger partial charge < -0.3 is 15.2 Å². The van der Waals surface area contributed by atoms with Crippen LogP contribution in [0.3, 0.4) is 0 Å². The molecule has 0 fully saturated rings. The van der Waals surface area contributed by atoms with E-state index in [0.717, 1.165) is 19.3 Å². The lowest BCUT2D eigenvalue weighted by molar-refractivity contribution is -0.205. The highest BCUT2D eigenvalue weighted by Gasteiger charge is 2.43. The highest BCUT2D eigenvalue weighted by molar-refractivity contribution is 6.31. The molecular formula is C25H29ClF3NO4. The molecule has 0 heterocycles. The molecule has 5 nitrogen and oxygen atoms in total. The zero-order chi connectivity index (χ0) is 25.4. The largest absolute Gasteiger partial charge is 0.490 e. The van der Waals surface area contributed by atoms with Crippen LogP contribution in [0.2, 0.25) is 5.02 Å². The Hall–Kier alpha value is -2.58. The summed E-state index contributed by atoms with van der Waals surface area (Å²) in [5.74, 6) is -3.32. The molecule has 34 heavy (non-hydrogen) atoms. The lowest BCUT2D eigenvalue weighted by Gasteiger charge is -2.30. The molecule has 0 aliphatic rings. The Bertz CT molecular complexity index is 964. The highest BCUT2D eigenvalue weighted by Crippen LogP contribution is 2.30. The Balaban J connectivity index is 2.13. The second-order valence-corrected chi connectivity index (χ2v) is 9.15. The van der Waals surface area contributed by atoms with E-state index in [0.29, 0.717) is 5.56 Å². The van der Waals surface area contributed by atoms with Crippen molar-refractivity contribution in [2.24, 2.45) is 0 Å². The van der Waals surface area contributed by atoms with Gasteiger partial charge in [0.05, 0.1) is 0 Å². The average molecular weight is 500 g/mol. The van der Waals surface area contributed by atoms with Crippen molar-refractivity contribution in [1.29, 1.82) is 0 Å². The SMILES string of the molecule is CC(C)(CCCc1ccccc1)NC[C@@H](OC(=O)C(F)(F)F)c1cc(CCC(=O)O)ccc1Cl. The number of hydrogen-bond donors (Lipinski definition) is 2. The number of hydrogen-bond acceptors (Lipinski definition) is 4. The zero-order valence-electron chi connectivity index (χ0n) is 19.1. The summed E-state index contributed by atoms with van der Waals surface area (Å²) >= 11 is 6.24. The number of carboxylic acids is 1. The van der Waals surface area contributed by atoms with Gasteiger partial charge in [0.1, 0.15) is 6.10 Å². The number of aliphatic carboxylic acids is 1. The summed E-state index contributed by atoms with van der Waals surface area (Å²) in [5, 5.41) is 12.2. The van der Waals surface area contributed by atoms with Crippen molar-refractivity contribution in [2.75, 3.05) is 6.54 Å². The second kappa shape index (κ2) is 12.2. The number of carboxylic acid groups (broad SMARTS) is 1. The molecule has 0 spiro atoms. The van der Waals surface area contributed by atoms with Gasteiger partial charge >= 0.3 is 18.1 Å². The third-order valence-corrected chi connectivity index (χ3v) is 5.74. The molecular weight excluding hydrogens is 471 g/mol. The lowest BCUT2D eigenvalue weighted by Crippen LogP contribution is -2.43. The number of esters is 1. The van der Waals surface area contributed by atoms with E-state index in [2.05, 4.69) is 5.32 Å². The zero-order valence-corrected chi connectivity index (χ0v) is 19.9. The van der Waals surface area contributed by atoms with E-state index in [1.807, 2.05) is 44.2 Å². The van der Waals surface area contributed by atoms with E-state index >= 15 is 0 Å². The topological polar surface area (TPSA) is 75.6 Å². The minimum Gasteiger partial charge on any atom is -0.481 e. The van der Waals surface area contributed by atoms with Gasteiger partial charge in [-0.05, 0) is 56.7 Å². The van der Waals surface area contributed by atoms with Crippen molar-refractivity contribution in [3.8, 4) is 0 Å². The molecule has 2 N–H and O–H groups in total. The van der Waals surface area contributed by atoms with Gasteiger partial charge in [0.2, 0.25) is 0 Å². The van der Waals surface area contributed by atoms with Gasteiger partial charge in [-0.2, -0.15) is 13.2 Å². The van der Waals surface area contributed by atoms with E-state index in [4.69, 9.17) is 21.4 Å². The number of aryl methyl sites for hydroxylation is 2. The molecule has 0 saturated carbocycles. The molecule has 0 unspecified atom stereocenters. The Labute approximate surface area is 202 Å². The van der Waals surface area contributed by atoms with Crippen LogP contribution >= 0.6 is 11.6 Å². The molecule has 0 radical (unpaired) electrons. The van der Waals surface area contributed by atoms with Crippen molar-refractivity contribution in [1.82, 2.24) is 5.32 Å². The Morgan fingerprint density at radius 3 is 2.35 bits per heavy atom. The first kappa shape index (κ1) is 27.7. The fourth-order valence-electron chi connectivity index (χ4n) is 3.49. The summed E-state index contributed by atoms with van der Waals surface area (Å²) in [6, 6.07) is 14.5. The normalized spacial score (nSPS) is 12.9. The molecule has 0 aromatic heterocycles. The van der Waals surface area contributed by atoms with Crippen molar-refractivity contribution in [2.45, 2.75) is 63.8 Å². The molecule has 1 atom stereocenters. The van der Waals surface area contributed by atoms with Crippen LogP contribution in [0.5, 0.6) is 0 Å². The molecule has 2 aromatic rings. The van der Waals surface area contributed by atoms with Crippen LogP contribution in [-0.4, -0.2) is 35.3 Å². The third-order valence-electron chi connectivity index (χ3n) is 5.39. The summed E-state index contributed by atoms with van der Waals surface area (Å²) < 4.78 is 43.6. The highest BCUT2D eigenvalue weighted by atomic mass is 35.5. The number of rotatable bonds is 12. The quantitative estimate of drug-likeness (QED) is 0.356. The number of ether oxygens (including phenoxy) is 1. The van der Waals surface area contributed by atoms with Gasteiger partial charge in [-0.3, -0.25) is 4.79 Å². The molecule has 0 amide bonds. The van der Waals surface area contributed by atoms with E-state index in [1.54, 1.807) is 6.07 Å². The van der Waals surface area contributed by atoms with Gasteiger partial charge in [0, 0.05) is 29.1 Å². The minimum absolute atomic E-state index is 0.0950. The van der Waals surface area contributed by atoms with Gasteiger partial charge in [-0.15, -0.1) is 0 Å². The fourth-order valence-corrected chi connectivity index (χ4v) is 3.73. The van der Waals surface area contributed by atoms with Crippen LogP contribution in [0, 0.1) is 0 Å². The van der Waals surface area contributed by atoms with Crippen molar-refractivity contribution >= 4 is 23.5 Å². The number of halogens is 4. The number of carbonyl (C=O) groups excluding carboxylic acids is 1. The molecule has 0 bridgehead atoms. The van der Waals surface area contributed by atoms with Crippen molar-refractivity contribution in [3.63, 3.8) is 0 Å². The van der Waals surface area contributed by atoms with Crippen LogP contribution < -0.4 is 5.32 Å². The van der Waals surface area contributed by atoms with Crippen LogP contribution in [-0.2, 0) is 27.2 Å². The summed E-state index contributed by atoms with van der Waals surface area (Å²) in [5.41, 5.74) is 1.50. The molecule has 9 heteroatoms. The van der Waals surface area contributed by atoms with E-state index in [-0.39, 0.29) is 30.0 Å². The summed E-state index contributed by atoms with van der Waals surface area (Å²) in [4.78, 5) is 22.5. The van der Waals surface area contributed by atoms with E-state index < -0.39 is 29.8 Å². The molecule has 2 aromatic carbocycles. The first-order chi connectivity index (χ1) is 15.9. The number of benzene rings is 2. The molecule has 0 aliphatic carbocycles. The van der Waals surface area contributed by atoms with Gasteiger partial charge in [0.15, 0.2) is 0 Å². The first-order valence-electron chi connectivity index (χ1n) is 10.9. The van der Waals surface area contributed by atoms with Gasteiger partial charge in [-0.1, -0.05) is 54.1 Å². The van der Waals surface area contributed by atoms with Crippen molar-refractivity contribution < 1.29 is 32.6 Å². The van der Waals surface area contributed by atoms with Gasteiger partial charge in [-0.25, -0.2) is 4.79 Å². The standard InChI is InChI=1S/C25H29ClF3NO4/c1-24(2,14-6-9-17-7-4-3-5-8-17)30-16-21(34-23(33)25(27,28)29)19-15-18(10-12-20(19)26)11-13-22(31)32/h3-5,7-8,10,12,15,21,30H,6,9,11,13-14,16H2,1-2H3,(H,31,32)/t21-/m1/s1. The van der Waals surface area contributed by atoms with Crippen LogP contribution in [0.15, 0.2) is 48.5 Å². The maximum absolute atomic E-state index is 12.9. The molecule has 0 saturated heterocycles. The fraction of sp³-hybridized carbons (Fsp3) is 0.440. The Morgan fingerprint density at radius 1 is 1.06 bits per heavy atom. The number of nitrogens with one attached hydrogen (secondary N) is 1. The monoisotopic (exact) mass is 499 g/mol. The molecule has 186 valence electrons. The Morgan fingerprint density at radius 2 is 1.74 bits per heavy atom. The van der Waals surface area contributed by atoms with Crippen LogP contribution in [0.4, 0.5) is 13.2 Å². The number of alkyl halides is 3. The maximum Gasteiger partial charge on any atom is 0.490 e. The lowest BCUT2D eigenvalue weighted by atomic mass is 9.94. The second-order valence-electron chi connectivity index (χ2n) is 8.75. The summed E-state index contributed by atoms with van der Waals surface area (Å²) in [7, 11) is 0. The summed E-state index contributed by atoms with van der Waals surface area (Å²) in [6.45, 7) is 3.75.